The number of aromatic nitrogens is 2. The summed E-state index contributed by atoms with van der Waals surface area (Å²) in [5.74, 6) is 0. The molecule has 2 amide bonds. The molecule has 1 atom stereocenters. The van der Waals surface area contributed by atoms with E-state index >= 15 is 0 Å². The Labute approximate surface area is 178 Å². The minimum absolute atomic E-state index is 0.0383. The number of anilines is 2. The molecule has 4 rings (SSSR count). The summed E-state index contributed by atoms with van der Waals surface area (Å²) >= 11 is 1.44. The molecule has 30 heavy (non-hydrogen) atoms. The first kappa shape index (κ1) is 20.6. The number of carbonyl (C=O) groups is 1. The smallest absolute Gasteiger partial charge is 0.321 e. The van der Waals surface area contributed by atoms with Gasteiger partial charge < -0.3 is 14.6 Å². The van der Waals surface area contributed by atoms with Crippen LogP contribution in [-0.4, -0.2) is 43.3 Å². The summed E-state index contributed by atoms with van der Waals surface area (Å²) in [6, 6.07) is 4.84. The Morgan fingerprint density at radius 1 is 1.33 bits per heavy atom. The number of rotatable bonds is 4. The largest absolute Gasteiger partial charge is 0.423 e. The van der Waals surface area contributed by atoms with Gasteiger partial charge in [0.1, 0.15) is 5.52 Å². The van der Waals surface area contributed by atoms with Gasteiger partial charge in [-0.3, -0.25) is 5.32 Å². The predicted octanol–water partition coefficient (Wildman–Crippen LogP) is 3.34. The van der Waals surface area contributed by atoms with Crippen LogP contribution >= 0.6 is 11.3 Å². The number of fused-ring (bicyclic) bond motifs is 2. The highest BCUT2D eigenvalue weighted by atomic mass is 32.2. The van der Waals surface area contributed by atoms with Gasteiger partial charge in [0.25, 0.3) is 6.01 Å². The number of amides is 2. The lowest BCUT2D eigenvalue weighted by Crippen LogP contribution is -2.34. The number of oxazole rings is 1. The van der Waals surface area contributed by atoms with Gasteiger partial charge in [-0.05, 0) is 39.0 Å². The lowest BCUT2D eigenvalue weighted by atomic mass is 10.1. The number of urea groups is 1. The summed E-state index contributed by atoms with van der Waals surface area (Å²) < 4.78 is 29.5. The summed E-state index contributed by atoms with van der Waals surface area (Å²) in [6.07, 6.45) is 1.86. The average molecular weight is 450 g/mol. The fourth-order valence-electron chi connectivity index (χ4n) is 3.39. The molecular formula is C19H23N5O4S2. The van der Waals surface area contributed by atoms with Gasteiger partial charge in [0.15, 0.2) is 20.6 Å². The van der Waals surface area contributed by atoms with Crippen LogP contribution in [0.3, 0.4) is 0 Å². The molecule has 0 fully saturated rings. The average Bonchev–Trinajstić information content (AvgIpc) is 3.23. The van der Waals surface area contributed by atoms with E-state index in [1.807, 2.05) is 25.7 Å². The maximum Gasteiger partial charge on any atom is 0.321 e. The van der Waals surface area contributed by atoms with Gasteiger partial charge in [-0.2, -0.15) is 4.98 Å². The zero-order chi connectivity index (χ0) is 21.6. The van der Waals surface area contributed by atoms with Crippen LogP contribution in [0.15, 0.2) is 27.5 Å². The molecule has 11 heteroatoms. The predicted molar refractivity (Wildman–Crippen MR) is 116 cm³/mol. The van der Waals surface area contributed by atoms with Crippen molar-refractivity contribution in [1.82, 2.24) is 15.3 Å². The standard InChI is InChI=1S/C19H23N5O4S2/c1-10(2)20-17(25)23-18-21-13-7-8-24(11(3)16(13)29-18)19-22-14-9-12(30(4,26)27)5-6-15(14)28-19/h5-6,9-11H,7-8H2,1-4H3,(H2,20,21,23,25)/t11-/m0/s1. The van der Waals surface area contributed by atoms with Gasteiger partial charge in [-0.25, -0.2) is 18.2 Å². The molecule has 2 aromatic heterocycles. The number of nitrogens with zero attached hydrogens (tertiary/aromatic N) is 3. The number of thiazole rings is 1. The molecule has 0 radical (unpaired) electrons. The molecule has 9 nitrogen and oxygen atoms in total. The van der Waals surface area contributed by atoms with Crippen molar-refractivity contribution in [2.45, 2.75) is 44.2 Å². The number of hydrogen-bond donors (Lipinski definition) is 2. The third-order valence-electron chi connectivity index (χ3n) is 4.83. The highest BCUT2D eigenvalue weighted by Gasteiger charge is 2.31. The summed E-state index contributed by atoms with van der Waals surface area (Å²) in [7, 11) is -3.32. The van der Waals surface area contributed by atoms with E-state index in [-0.39, 0.29) is 23.0 Å². The van der Waals surface area contributed by atoms with Crippen LogP contribution in [0.2, 0.25) is 0 Å². The fraction of sp³-hybridized carbons (Fsp3) is 0.421. The molecule has 3 heterocycles. The van der Waals surface area contributed by atoms with Gasteiger partial charge in [-0.1, -0.05) is 11.3 Å². The lowest BCUT2D eigenvalue weighted by molar-refractivity contribution is 0.250. The van der Waals surface area contributed by atoms with Crippen LogP contribution < -0.4 is 15.5 Å². The van der Waals surface area contributed by atoms with E-state index in [0.29, 0.717) is 35.2 Å². The summed E-state index contributed by atoms with van der Waals surface area (Å²) in [5.41, 5.74) is 1.99. The Balaban J connectivity index is 1.58. The molecule has 160 valence electrons. The monoisotopic (exact) mass is 449 g/mol. The first-order chi connectivity index (χ1) is 14.1. The Morgan fingerprint density at radius 2 is 2.10 bits per heavy atom. The van der Waals surface area contributed by atoms with E-state index in [1.54, 1.807) is 6.07 Å². The maximum absolute atomic E-state index is 12.0. The number of carbonyl (C=O) groups excluding carboxylic acids is 1. The van der Waals surface area contributed by atoms with Crippen LogP contribution in [0.1, 0.15) is 37.4 Å². The second-order valence-electron chi connectivity index (χ2n) is 7.60. The molecule has 1 aliphatic rings. The van der Waals surface area contributed by atoms with E-state index in [2.05, 4.69) is 20.6 Å². The molecular weight excluding hydrogens is 426 g/mol. The van der Waals surface area contributed by atoms with Crippen LogP contribution in [0.25, 0.3) is 11.1 Å². The summed E-state index contributed by atoms with van der Waals surface area (Å²) in [4.78, 5) is 24.3. The van der Waals surface area contributed by atoms with Crippen LogP contribution in [0, 0.1) is 0 Å². The van der Waals surface area contributed by atoms with E-state index in [0.717, 1.165) is 10.6 Å². The van der Waals surface area contributed by atoms with Crippen molar-refractivity contribution in [3.8, 4) is 0 Å². The second kappa shape index (κ2) is 7.55. The number of nitrogens with one attached hydrogen (secondary N) is 2. The Bertz CT molecular complexity index is 1210. The summed E-state index contributed by atoms with van der Waals surface area (Å²) in [5, 5.41) is 6.13. The quantitative estimate of drug-likeness (QED) is 0.627. The van der Waals surface area contributed by atoms with Crippen molar-refractivity contribution < 1.29 is 17.6 Å². The molecule has 2 N–H and O–H groups in total. The van der Waals surface area contributed by atoms with Crippen molar-refractivity contribution in [3.63, 3.8) is 0 Å². The van der Waals surface area contributed by atoms with Gasteiger partial charge in [0.2, 0.25) is 0 Å². The van der Waals surface area contributed by atoms with Crippen LogP contribution in [0.4, 0.5) is 15.9 Å². The SMILES string of the molecule is CC(C)NC(=O)Nc1nc2c(s1)[C@H](C)N(c1nc3cc(S(C)(=O)=O)ccc3o1)CC2. The molecule has 0 saturated carbocycles. The lowest BCUT2D eigenvalue weighted by Gasteiger charge is -2.31. The molecule has 3 aromatic rings. The van der Waals surface area contributed by atoms with E-state index in [1.165, 1.54) is 29.7 Å². The zero-order valence-electron chi connectivity index (χ0n) is 17.1. The van der Waals surface area contributed by atoms with Crippen molar-refractivity contribution in [3.05, 3.63) is 28.8 Å². The van der Waals surface area contributed by atoms with Gasteiger partial charge >= 0.3 is 6.03 Å². The zero-order valence-corrected chi connectivity index (χ0v) is 18.7. The van der Waals surface area contributed by atoms with Gasteiger partial charge in [0, 0.05) is 25.3 Å². The van der Waals surface area contributed by atoms with Gasteiger partial charge in [0.05, 0.1) is 21.5 Å². The highest BCUT2D eigenvalue weighted by Crippen LogP contribution is 2.39. The number of sulfone groups is 1. The van der Waals surface area contributed by atoms with Gasteiger partial charge in [-0.15, -0.1) is 0 Å². The third-order valence-corrected chi connectivity index (χ3v) is 7.12. The molecule has 1 aromatic carbocycles. The third kappa shape index (κ3) is 3.99. The molecule has 0 unspecified atom stereocenters. The van der Waals surface area contributed by atoms with E-state index < -0.39 is 9.84 Å². The van der Waals surface area contributed by atoms with Crippen LogP contribution in [0.5, 0.6) is 0 Å². The fourth-order valence-corrected chi connectivity index (χ4v) is 5.10. The Morgan fingerprint density at radius 3 is 2.80 bits per heavy atom. The van der Waals surface area contributed by atoms with Crippen molar-refractivity contribution in [2.75, 3.05) is 23.0 Å². The molecule has 0 bridgehead atoms. The van der Waals surface area contributed by atoms with Crippen molar-refractivity contribution in [1.29, 1.82) is 0 Å². The number of hydrogen-bond acceptors (Lipinski definition) is 8. The second-order valence-corrected chi connectivity index (χ2v) is 10.6. The molecule has 0 saturated heterocycles. The van der Waals surface area contributed by atoms with Crippen molar-refractivity contribution >= 4 is 49.5 Å². The number of benzene rings is 1. The van der Waals surface area contributed by atoms with Crippen molar-refractivity contribution in [2.24, 2.45) is 0 Å². The molecule has 0 aliphatic carbocycles. The van der Waals surface area contributed by atoms with E-state index in [9.17, 15) is 13.2 Å². The molecule has 1 aliphatic heterocycles. The van der Waals surface area contributed by atoms with E-state index in [4.69, 9.17) is 4.42 Å². The summed E-state index contributed by atoms with van der Waals surface area (Å²) in [6.45, 7) is 6.48. The first-order valence-electron chi connectivity index (χ1n) is 9.56. The van der Waals surface area contributed by atoms with Crippen LogP contribution in [-0.2, 0) is 16.3 Å². The molecule has 0 spiro atoms. The topological polar surface area (TPSA) is 117 Å². The first-order valence-corrected chi connectivity index (χ1v) is 12.3. The minimum atomic E-state index is -3.32. The Kier molecular flexibility index (Phi) is 5.18. The maximum atomic E-state index is 12.0. The Hall–Kier alpha value is -2.66. The minimum Gasteiger partial charge on any atom is -0.423 e. The normalized spacial score (nSPS) is 16.7. The highest BCUT2D eigenvalue weighted by molar-refractivity contribution is 7.90.